The third-order valence-corrected chi connectivity index (χ3v) is 6.39. The summed E-state index contributed by atoms with van der Waals surface area (Å²) < 4.78 is 5.15. The minimum absolute atomic E-state index is 0.144. The second-order valence-electron chi connectivity index (χ2n) is 8.16. The maximum atomic E-state index is 13.2. The summed E-state index contributed by atoms with van der Waals surface area (Å²) in [6.07, 6.45) is 5.99. The van der Waals surface area contributed by atoms with Gasteiger partial charge in [-0.2, -0.15) is 5.10 Å². The Morgan fingerprint density at radius 1 is 1.33 bits per heavy atom. The van der Waals surface area contributed by atoms with Gasteiger partial charge < -0.3 is 19.9 Å². The van der Waals surface area contributed by atoms with Crippen molar-refractivity contribution in [2.24, 2.45) is 0 Å². The first kappa shape index (κ1) is 20.6. The Balaban J connectivity index is 1.51. The summed E-state index contributed by atoms with van der Waals surface area (Å²) in [4.78, 5) is 30.1. The SMILES string of the molecule is COCCCN1CCC2(CC1)C(=O)N(C)c1ccc(C(=O)NCc3cn[nH]c3)cc12. The van der Waals surface area contributed by atoms with E-state index in [1.165, 1.54) is 0 Å². The number of likely N-dealkylation sites (N-methyl/N-ethyl adjacent to an activating group) is 1. The molecule has 2 aliphatic rings. The topological polar surface area (TPSA) is 90.6 Å². The van der Waals surface area contributed by atoms with Crippen LogP contribution in [0.15, 0.2) is 30.6 Å². The normalized spacial score (nSPS) is 18.1. The van der Waals surface area contributed by atoms with E-state index in [4.69, 9.17) is 4.74 Å². The highest BCUT2D eigenvalue weighted by Crippen LogP contribution is 2.47. The molecule has 1 aromatic carbocycles. The number of nitrogens with zero attached hydrogens (tertiary/aromatic N) is 3. The standard InChI is InChI=1S/C22H29N5O3/c1-26-19-5-4-17(20(28)23-13-16-14-24-25-15-16)12-18(19)22(21(26)29)6-9-27(10-7-22)8-3-11-30-2/h4-5,12,14-15H,3,6-11,13H2,1-2H3,(H,23,28)(H,24,25). The van der Waals surface area contributed by atoms with E-state index in [1.807, 2.05) is 19.2 Å². The average Bonchev–Trinajstić information content (AvgIpc) is 3.36. The van der Waals surface area contributed by atoms with Gasteiger partial charge in [-0.25, -0.2) is 0 Å². The van der Waals surface area contributed by atoms with E-state index in [1.54, 1.807) is 30.5 Å². The summed E-state index contributed by atoms with van der Waals surface area (Å²) in [5.41, 5.74) is 2.88. The summed E-state index contributed by atoms with van der Waals surface area (Å²) in [5, 5.41) is 9.56. The average molecular weight is 412 g/mol. The Hall–Kier alpha value is -2.71. The molecule has 8 nitrogen and oxygen atoms in total. The van der Waals surface area contributed by atoms with Gasteiger partial charge >= 0.3 is 0 Å². The lowest BCUT2D eigenvalue weighted by molar-refractivity contribution is -0.124. The van der Waals surface area contributed by atoms with Crippen LogP contribution in [0.4, 0.5) is 5.69 Å². The number of carbonyl (C=O) groups excluding carboxylic acids is 2. The third-order valence-electron chi connectivity index (χ3n) is 6.39. The fourth-order valence-corrected chi connectivity index (χ4v) is 4.63. The highest BCUT2D eigenvalue weighted by atomic mass is 16.5. The maximum absolute atomic E-state index is 13.2. The number of aromatic amines is 1. The number of fused-ring (bicyclic) bond motifs is 2. The largest absolute Gasteiger partial charge is 0.385 e. The van der Waals surface area contributed by atoms with Crippen LogP contribution in [0.25, 0.3) is 0 Å². The Labute approximate surface area is 176 Å². The maximum Gasteiger partial charge on any atom is 0.251 e. The van der Waals surface area contributed by atoms with Crippen molar-refractivity contribution in [1.82, 2.24) is 20.4 Å². The van der Waals surface area contributed by atoms with Crippen LogP contribution in [-0.2, 0) is 21.5 Å². The molecular formula is C22H29N5O3. The fourth-order valence-electron chi connectivity index (χ4n) is 4.63. The molecule has 2 N–H and O–H groups in total. The van der Waals surface area contributed by atoms with E-state index in [-0.39, 0.29) is 11.8 Å². The van der Waals surface area contributed by atoms with Gasteiger partial charge in [0.25, 0.3) is 5.91 Å². The number of rotatable bonds is 7. The second kappa shape index (κ2) is 8.57. The molecule has 2 aromatic rings. The number of carbonyl (C=O) groups is 2. The molecule has 160 valence electrons. The van der Waals surface area contributed by atoms with Gasteiger partial charge in [0.1, 0.15) is 0 Å². The van der Waals surface area contributed by atoms with Gasteiger partial charge in [0.15, 0.2) is 0 Å². The van der Waals surface area contributed by atoms with Crippen molar-refractivity contribution in [1.29, 1.82) is 0 Å². The summed E-state index contributed by atoms with van der Waals surface area (Å²) in [6.45, 7) is 3.90. The predicted octanol–water partition coefficient (Wildman–Crippen LogP) is 1.69. The lowest BCUT2D eigenvalue weighted by atomic mass is 9.73. The van der Waals surface area contributed by atoms with Gasteiger partial charge in [-0.05, 0) is 56.1 Å². The van der Waals surface area contributed by atoms with Crippen molar-refractivity contribution in [3.63, 3.8) is 0 Å². The third kappa shape index (κ3) is 3.73. The van der Waals surface area contributed by atoms with Gasteiger partial charge in [-0.3, -0.25) is 14.7 Å². The van der Waals surface area contributed by atoms with Gasteiger partial charge in [-0.15, -0.1) is 0 Å². The van der Waals surface area contributed by atoms with Crippen LogP contribution in [-0.4, -0.2) is 67.3 Å². The first-order valence-electron chi connectivity index (χ1n) is 10.4. The van der Waals surface area contributed by atoms with E-state index >= 15 is 0 Å². The van der Waals surface area contributed by atoms with Crippen LogP contribution < -0.4 is 10.2 Å². The van der Waals surface area contributed by atoms with Gasteiger partial charge in [0.2, 0.25) is 5.91 Å². The summed E-state index contributed by atoms with van der Waals surface area (Å²) >= 11 is 0. The van der Waals surface area contributed by atoms with Crippen molar-refractivity contribution in [3.8, 4) is 0 Å². The number of benzene rings is 1. The zero-order valence-electron chi connectivity index (χ0n) is 17.6. The Kier molecular flexibility index (Phi) is 5.87. The Morgan fingerprint density at radius 2 is 2.13 bits per heavy atom. The number of anilines is 1. The zero-order chi connectivity index (χ0) is 21.1. The van der Waals surface area contributed by atoms with Gasteiger partial charge in [-0.1, -0.05) is 0 Å². The molecule has 0 aliphatic carbocycles. The van der Waals surface area contributed by atoms with E-state index in [2.05, 4.69) is 20.4 Å². The van der Waals surface area contributed by atoms with Gasteiger partial charge in [0, 0.05) is 56.9 Å². The number of nitrogens with one attached hydrogen (secondary N) is 2. The lowest BCUT2D eigenvalue weighted by Gasteiger charge is -2.38. The summed E-state index contributed by atoms with van der Waals surface area (Å²) in [5.74, 6) is -0.00171. The van der Waals surface area contributed by atoms with Crippen molar-refractivity contribution in [3.05, 3.63) is 47.3 Å². The second-order valence-corrected chi connectivity index (χ2v) is 8.16. The summed E-state index contributed by atoms with van der Waals surface area (Å²) in [7, 11) is 3.55. The van der Waals surface area contributed by atoms with Crippen LogP contribution >= 0.6 is 0 Å². The number of hydrogen-bond donors (Lipinski definition) is 2. The number of piperidine rings is 1. The number of amides is 2. The number of aromatic nitrogens is 2. The van der Waals surface area contributed by atoms with Crippen molar-refractivity contribution in [2.75, 3.05) is 45.3 Å². The van der Waals surface area contributed by atoms with Crippen LogP contribution in [0.1, 0.15) is 40.7 Å². The Bertz CT molecular complexity index is 904. The predicted molar refractivity (Wildman–Crippen MR) is 113 cm³/mol. The molecule has 2 aliphatic heterocycles. The number of likely N-dealkylation sites (tertiary alicyclic amines) is 1. The molecule has 4 rings (SSSR count). The lowest BCUT2D eigenvalue weighted by Crippen LogP contribution is -2.48. The van der Waals surface area contributed by atoms with E-state index in [0.717, 1.165) is 62.3 Å². The van der Waals surface area contributed by atoms with Crippen molar-refractivity contribution < 1.29 is 14.3 Å². The highest BCUT2D eigenvalue weighted by Gasteiger charge is 2.51. The van der Waals surface area contributed by atoms with E-state index in [9.17, 15) is 9.59 Å². The quantitative estimate of drug-likeness (QED) is 0.677. The van der Waals surface area contributed by atoms with Crippen molar-refractivity contribution in [2.45, 2.75) is 31.2 Å². The monoisotopic (exact) mass is 411 g/mol. The minimum atomic E-state index is -0.525. The number of methoxy groups -OCH3 is 1. The minimum Gasteiger partial charge on any atom is -0.385 e. The van der Waals surface area contributed by atoms with Crippen molar-refractivity contribution >= 4 is 17.5 Å². The van der Waals surface area contributed by atoms with E-state index in [0.29, 0.717) is 12.1 Å². The zero-order valence-corrected chi connectivity index (χ0v) is 17.6. The molecule has 2 amide bonds. The van der Waals surface area contributed by atoms with Gasteiger partial charge in [0.05, 0.1) is 11.6 Å². The first-order chi connectivity index (χ1) is 14.5. The molecule has 1 saturated heterocycles. The molecule has 1 aromatic heterocycles. The molecule has 1 fully saturated rings. The fraction of sp³-hybridized carbons (Fsp3) is 0.500. The van der Waals surface area contributed by atoms with Crippen LogP contribution in [0.5, 0.6) is 0 Å². The molecule has 1 spiro atoms. The molecule has 0 bridgehead atoms. The number of hydrogen-bond acceptors (Lipinski definition) is 5. The molecule has 0 saturated carbocycles. The molecule has 0 unspecified atom stereocenters. The molecule has 3 heterocycles. The van der Waals surface area contributed by atoms with Crippen LogP contribution in [0, 0.1) is 0 Å². The van der Waals surface area contributed by atoms with E-state index < -0.39 is 5.41 Å². The molecule has 30 heavy (non-hydrogen) atoms. The first-order valence-corrected chi connectivity index (χ1v) is 10.4. The number of H-pyrrole nitrogens is 1. The highest BCUT2D eigenvalue weighted by molar-refractivity contribution is 6.09. The summed E-state index contributed by atoms with van der Waals surface area (Å²) in [6, 6.07) is 5.62. The van der Waals surface area contributed by atoms with Crippen LogP contribution in [0.2, 0.25) is 0 Å². The molecule has 8 heteroatoms. The molecular weight excluding hydrogens is 382 g/mol. The van der Waals surface area contributed by atoms with Crippen LogP contribution in [0.3, 0.4) is 0 Å². The smallest absolute Gasteiger partial charge is 0.251 e. The Morgan fingerprint density at radius 3 is 2.83 bits per heavy atom. The number of ether oxygens (including phenoxy) is 1. The molecule has 0 atom stereocenters. The molecule has 0 radical (unpaired) electrons.